The molecule has 5 N–H and O–H groups in total. The molecule has 21 heavy (non-hydrogen) atoms. The predicted octanol–water partition coefficient (Wildman–Crippen LogP) is 1.77. The fraction of sp³-hybridized carbons (Fsp3) is 0.647. The molecule has 2 aliphatic rings. The van der Waals surface area contributed by atoms with Gasteiger partial charge in [-0.15, -0.1) is 0 Å². The summed E-state index contributed by atoms with van der Waals surface area (Å²) in [5.74, 6) is 0. The molecule has 3 atom stereocenters. The van der Waals surface area contributed by atoms with Gasteiger partial charge in [-0.3, -0.25) is 0 Å². The molecule has 0 aliphatic heterocycles. The van der Waals surface area contributed by atoms with Crippen molar-refractivity contribution >= 4 is 0 Å². The molecule has 0 aromatic heterocycles. The number of nitrogens with two attached hydrogens (primary N) is 1. The van der Waals surface area contributed by atoms with Gasteiger partial charge in [0.2, 0.25) is 0 Å². The maximum atomic E-state index is 10.6. The van der Waals surface area contributed by atoms with E-state index in [1.54, 1.807) is 25.2 Å². The maximum absolute atomic E-state index is 10.6. The monoisotopic (exact) mass is 293 g/mol. The van der Waals surface area contributed by atoms with Crippen molar-refractivity contribution in [2.45, 2.75) is 63.3 Å². The van der Waals surface area contributed by atoms with Crippen molar-refractivity contribution in [2.75, 3.05) is 0 Å². The first-order valence-electron chi connectivity index (χ1n) is 7.80. The van der Waals surface area contributed by atoms with E-state index < -0.39 is 23.2 Å². The highest BCUT2D eigenvalue weighted by molar-refractivity contribution is 5.30. The molecule has 0 spiro atoms. The second-order valence-electron chi connectivity index (χ2n) is 6.57. The van der Waals surface area contributed by atoms with Crippen LogP contribution in [0.2, 0.25) is 0 Å². The highest BCUT2D eigenvalue weighted by Gasteiger charge is 2.38. The lowest BCUT2D eigenvalue weighted by atomic mass is 9.72. The molecule has 0 aromatic carbocycles. The molecule has 1 fully saturated rings. The summed E-state index contributed by atoms with van der Waals surface area (Å²) in [6, 6.07) is 0. The number of hydrogen-bond acceptors (Lipinski definition) is 4. The molecule has 2 rings (SSSR count). The zero-order valence-electron chi connectivity index (χ0n) is 12.7. The predicted molar refractivity (Wildman–Crippen MR) is 83.3 cm³/mol. The second kappa shape index (κ2) is 6.34. The van der Waals surface area contributed by atoms with Crippen LogP contribution in [0.4, 0.5) is 0 Å². The molecule has 0 radical (unpaired) electrons. The van der Waals surface area contributed by atoms with Crippen molar-refractivity contribution in [3.05, 3.63) is 36.1 Å². The number of aliphatic hydroxyl groups is 3. The topological polar surface area (TPSA) is 86.7 Å². The van der Waals surface area contributed by atoms with Crippen molar-refractivity contribution in [3.63, 3.8) is 0 Å². The lowest BCUT2D eigenvalue weighted by Gasteiger charge is -2.38. The van der Waals surface area contributed by atoms with E-state index in [0.29, 0.717) is 12.1 Å². The first-order chi connectivity index (χ1) is 9.87. The smallest absolute Gasteiger partial charge is 0.0925 e. The molecule has 0 bridgehead atoms. The molecule has 1 unspecified atom stereocenters. The Bertz CT molecular complexity index is 447. The molecule has 4 nitrogen and oxygen atoms in total. The summed E-state index contributed by atoms with van der Waals surface area (Å²) < 4.78 is 0. The van der Waals surface area contributed by atoms with Crippen molar-refractivity contribution in [1.29, 1.82) is 0 Å². The van der Waals surface area contributed by atoms with Crippen LogP contribution in [-0.4, -0.2) is 33.1 Å². The van der Waals surface area contributed by atoms with Gasteiger partial charge in [0.15, 0.2) is 0 Å². The van der Waals surface area contributed by atoms with E-state index in [4.69, 9.17) is 5.73 Å². The minimum Gasteiger partial charge on any atom is -0.402 e. The lowest BCUT2D eigenvalue weighted by Crippen LogP contribution is -2.42. The number of hydrogen-bond donors (Lipinski definition) is 4. The zero-order valence-corrected chi connectivity index (χ0v) is 12.7. The van der Waals surface area contributed by atoms with E-state index in [2.05, 4.69) is 0 Å². The van der Waals surface area contributed by atoms with Crippen LogP contribution in [-0.2, 0) is 0 Å². The van der Waals surface area contributed by atoms with Gasteiger partial charge in [0.05, 0.1) is 17.8 Å². The van der Waals surface area contributed by atoms with Crippen LogP contribution in [0.25, 0.3) is 0 Å². The third-order valence-electron chi connectivity index (χ3n) is 4.66. The average Bonchev–Trinajstić information content (AvgIpc) is 2.45. The Hall–Kier alpha value is -1.10. The van der Waals surface area contributed by atoms with Crippen molar-refractivity contribution in [3.8, 4) is 0 Å². The number of allylic oxidation sites excluding steroid dienone is 3. The average molecular weight is 293 g/mol. The van der Waals surface area contributed by atoms with Crippen LogP contribution in [0.5, 0.6) is 0 Å². The van der Waals surface area contributed by atoms with Crippen LogP contribution in [0.15, 0.2) is 36.1 Å². The summed E-state index contributed by atoms with van der Waals surface area (Å²) in [7, 11) is 0. The van der Waals surface area contributed by atoms with Gasteiger partial charge < -0.3 is 21.1 Å². The Morgan fingerprint density at radius 3 is 2.43 bits per heavy atom. The fourth-order valence-corrected chi connectivity index (χ4v) is 3.33. The highest BCUT2D eigenvalue weighted by Crippen LogP contribution is 2.39. The lowest BCUT2D eigenvalue weighted by molar-refractivity contribution is -0.0213. The summed E-state index contributed by atoms with van der Waals surface area (Å²) in [5, 5.41) is 30.8. The van der Waals surface area contributed by atoms with Gasteiger partial charge in [0.1, 0.15) is 0 Å². The van der Waals surface area contributed by atoms with E-state index in [1.807, 2.05) is 12.2 Å². The molecule has 0 amide bonds. The van der Waals surface area contributed by atoms with E-state index in [9.17, 15) is 15.3 Å². The minimum absolute atomic E-state index is 0.447. The summed E-state index contributed by atoms with van der Waals surface area (Å²) in [6.07, 6.45) is 12.4. The minimum atomic E-state index is -0.954. The molecule has 2 aliphatic carbocycles. The number of aliphatic hydroxyl groups excluding tert-OH is 2. The Morgan fingerprint density at radius 2 is 1.86 bits per heavy atom. The summed E-state index contributed by atoms with van der Waals surface area (Å²) >= 11 is 0. The summed E-state index contributed by atoms with van der Waals surface area (Å²) in [4.78, 5) is 0. The number of rotatable bonds is 4. The van der Waals surface area contributed by atoms with Crippen LogP contribution >= 0.6 is 0 Å². The van der Waals surface area contributed by atoms with Gasteiger partial charge >= 0.3 is 0 Å². The molecular formula is C17H27NO3. The fourth-order valence-electron chi connectivity index (χ4n) is 3.33. The maximum Gasteiger partial charge on any atom is 0.0925 e. The molecular weight excluding hydrogens is 266 g/mol. The highest BCUT2D eigenvalue weighted by atomic mass is 16.3. The second-order valence-corrected chi connectivity index (χ2v) is 6.57. The van der Waals surface area contributed by atoms with Gasteiger partial charge in [0.25, 0.3) is 0 Å². The van der Waals surface area contributed by atoms with Crippen LogP contribution in [0, 0.1) is 5.41 Å². The summed E-state index contributed by atoms with van der Waals surface area (Å²) in [5.41, 5.74) is 5.03. The van der Waals surface area contributed by atoms with Crippen LogP contribution < -0.4 is 5.73 Å². The van der Waals surface area contributed by atoms with Crippen molar-refractivity contribution in [1.82, 2.24) is 0 Å². The Morgan fingerprint density at radius 1 is 1.19 bits per heavy atom. The van der Waals surface area contributed by atoms with Crippen LogP contribution in [0.1, 0.15) is 45.4 Å². The molecule has 118 valence electrons. The van der Waals surface area contributed by atoms with E-state index >= 15 is 0 Å². The molecule has 0 heterocycles. The normalized spacial score (nSPS) is 31.9. The third-order valence-corrected chi connectivity index (χ3v) is 4.66. The SMILES string of the molecule is C[C@@H](O)[C@@H](O)C1(/C=C/C2(O)CCCCC2)C=CC=C(N)C1. The van der Waals surface area contributed by atoms with Gasteiger partial charge in [0, 0.05) is 17.5 Å². The van der Waals surface area contributed by atoms with Crippen molar-refractivity contribution < 1.29 is 15.3 Å². The Kier molecular flexibility index (Phi) is 4.91. The van der Waals surface area contributed by atoms with Gasteiger partial charge in [-0.2, -0.15) is 0 Å². The molecule has 0 aromatic rings. The molecule has 4 heteroatoms. The molecule has 1 saturated carbocycles. The van der Waals surface area contributed by atoms with Gasteiger partial charge in [-0.1, -0.05) is 43.6 Å². The van der Waals surface area contributed by atoms with E-state index in [1.165, 1.54) is 0 Å². The zero-order chi connectivity index (χ0) is 15.5. The molecule has 0 saturated heterocycles. The first kappa shape index (κ1) is 16.3. The van der Waals surface area contributed by atoms with Gasteiger partial charge in [-0.25, -0.2) is 0 Å². The van der Waals surface area contributed by atoms with E-state index in [0.717, 1.165) is 32.1 Å². The first-order valence-corrected chi connectivity index (χ1v) is 7.80. The van der Waals surface area contributed by atoms with Gasteiger partial charge in [-0.05, 0) is 25.8 Å². The Labute approximate surface area is 126 Å². The van der Waals surface area contributed by atoms with E-state index in [-0.39, 0.29) is 0 Å². The standard InChI is InChI=1S/C17H27NO3/c1-13(19)15(20)16(7-5-6-14(18)12-16)10-11-17(21)8-3-2-4-9-17/h5-7,10-11,13,15,19-21H,2-4,8-9,12,18H2,1H3/b11-10+/t13-,15-,16?/m1/s1. The van der Waals surface area contributed by atoms with Crippen molar-refractivity contribution in [2.24, 2.45) is 11.1 Å². The Balaban J connectivity index is 2.24. The quantitative estimate of drug-likeness (QED) is 0.595. The third kappa shape index (κ3) is 3.76. The largest absolute Gasteiger partial charge is 0.402 e. The summed E-state index contributed by atoms with van der Waals surface area (Å²) in [6.45, 7) is 1.57. The van der Waals surface area contributed by atoms with Crippen LogP contribution in [0.3, 0.4) is 0 Å².